The highest BCUT2D eigenvalue weighted by atomic mass is 19.4. The van der Waals surface area contributed by atoms with Crippen molar-refractivity contribution in [2.24, 2.45) is 7.05 Å². The molecule has 0 atom stereocenters. The molecule has 2 aromatic carbocycles. The van der Waals surface area contributed by atoms with Gasteiger partial charge in [0.1, 0.15) is 0 Å². The predicted octanol–water partition coefficient (Wildman–Crippen LogP) is 5.41. The normalized spacial score (nSPS) is 13.8. The molecule has 0 N–H and O–H groups in total. The van der Waals surface area contributed by atoms with E-state index in [4.69, 9.17) is 0 Å². The average molecular weight is 517 g/mol. The number of halogens is 3. The predicted molar refractivity (Wildman–Crippen MR) is 137 cm³/mol. The lowest BCUT2D eigenvalue weighted by Gasteiger charge is -2.31. The fourth-order valence-electron chi connectivity index (χ4n) is 5.19. The lowest BCUT2D eigenvalue weighted by Crippen LogP contribution is -2.38. The number of imidazole rings is 1. The van der Waals surface area contributed by atoms with Gasteiger partial charge in [-0.3, -0.25) is 14.5 Å². The summed E-state index contributed by atoms with van der Waals surface area (Å²) < 4.78 is 44.8. The van der Waals surface area contributed by atoms with Crippen molar-refractivity contribution in [3.8, 4) is 11.1 Å². The van der Waals surface area contributed by atoms with E-state index in [9.17, 15) is 18.0 Å². The summed E-state index contributed by atoms with van der Waals surface area (Å²) in [5.74, 6) is -0.270. The van der Waals surface area contributed by atoms with Gasteiger partial charge >= 0.3 is 6.18 Å². The van der Waals surface area contributed by atoms with Crippen LogP contribution < -0.4 is 4.90 Å². The molecule has 0 saturated heterocycles. The van der Waals surface area contributed by atoms with Crippen molar-refractivity contribution in [2.75, 3.05) is 11.4 Å². The lowest BCUT2D eigenvalue weighted by molar-refractivity contribution is -0.140. The summed E-state index contributed by atoms with van der Waals surface area (Å²) in [7, 11) is 1.46. The Bertz CT molecular complexity index is 1690. The molecule has 5 aromatic rings. The molecule has 1 aliphatic heterocycles. The Hall–Kier alpha value is -4.47. The van der Waals surface area contributed by atoms with E-state index in [2.05, 4.69) is 15.1 Å². The van der Waals surface area contributed by atoms with Gasteiger partial charge in [0.2, 0.25) is 0 Å². The number of carbonyl (C=O) groups is 1. The fourth-order valence-corrected chi connectivity index (χ4v) is 5.19. The second-order valence-corrected chi connectivity index (χ2v) is 9.56. The van der Waals surface area contributed by atoms with Crippen molar-refractivity contribution >= 4 is 22.4 Å². The number of aryl methyl sites for hydroxylation is 2. The molecule has 0 aliphatic carbocycles. The summed E-state index contributed by atoms with van der Waals surface area (Å²) in [6.07, 6.45) is 5.56. The van der Waals surface area contributed by atoms with Crippen molar-refractivity contribution in [3.05, 3.63) is 95.6 Å². The summed E-state index contributed by atoms with van der Waals surface area (Å²) in [5, 5.41) is 5.52. The van der Waals surface area contributed by atoms with Gasteiger partial charge in [-0.2, -0.15) is 18.3 Å². The van der Waals surface area contributed by atoms with Crippen LogP contribution in [0.1, 0.15) is 32.7 Å². The minimum Gasteiger partial charge on any atom is -0.333 e. The number of amides is 1. The van der Waals surface area contributed by atoms with Crippen molar-refractivity contribution < 1.29 is 18.0 Å². The van der Waals surface area contributed by atoms with Gasteiger partial charge in [0, 0.05) is 66.8 Å². The molecule has 10 heteroatoms. The first kappa shape index (κ1) is 23.9. The molecule has 6 rings (SSSR count). The van der Waals surface area contributed by atoms with Crippen LogP contribution in [0.3, 0.4) is 0 Å². The van der Waals surface area contributed by atoms with Crippen LogP contribution in [-0.4, -0.2) is 36.8 Å². The van der Waals surface area contributed by atoms with Crippen LogP contribution in [0.15, 0.2) is 67.6 Å². The Morgan fingerprint density at radius 2 is 1.84 bits per heavy atom. The van der Waals surface area contributed by atoms with E-state index in [1.54, 1.807) is 48.1 Å². The highest BCUT2D eigenvalue weighted by molar-refractivity contribution is 6.13. The molecule has 0 radical (unpaired) electrons. The Morgan fingerprint density at radius 3 is 2.61 bits per heavy atom. The molecule has 192 valence electrons. The average Bonchev–Trinajstić information content (AvgIpc) is 3.53. The number of pyridine rings is 1. The van der Waals surface area contributed by atoms with Gasteiger partial charge in [0.15, 0.2) is 5.69 Å². The van der Waals surface area contributed by atoms with Gasteiger partial charge in [-0.15, -0.1) is 0 Å². The Kier molecular flexibility index (Phi) is 5.55. The van der Waals surface area contributed by atoms with Crippen LogP contribution in [0, 0.1) is 6.92 Å². The highest BCUT2D eigenvalue weighted by Crippen LogP contribution is 2.41. The first-order valence-corrected chi connectivity index (χ1v) is 12.1. The number of hydrogen-bond acceptors (Lipinski definition) is 4. The van der Waals surface area contributed by atoms with Crippen molar-refractivity contribution in [3.63, 3.8) is 0 Å². The SMILES string of the molecule is Cc1ccc2cncc(N3CCc4c(cc(Cn5ccnc5)cc4-c4cn(C)nc4C(F)(F)F)C3=O)c2c1. The largest absolute Gasteiger partial charge is 0.435 e. The molecule has 1 aliphatic rings. The molecular formula is C28H23F3N6O. The van der Waals surface area contributed by atoms with Crippen LogP contribution in [0.2, 0.25) is 0 Å². The third-order valence-corrected chi connectivity index (χ3v) is 6.87. The second-order valence-electron chi connectivity index (χ2n) is 9.56. The molecule has 0 spiro atoms. The smallest absolute Gasteiger partial charge is 0.333 e. The monoisotopic (exact) mass is 516 g/mol. The highest BCUT2D eigenvalue weighted by Gasteiger charge is 2.39. The van der Waals surface area contributed by atoms with Gasteiger partial charge < -0.3 is 9.47 Å². The van der Waals surface area contributed by atoms with Gasteiger partial charge in [0.05, 0.1) is 18.2 Å². The van der Waals surface area contributed by atoms with Gasteiger partial charge in [-0.1, -0.05) is 17.7 Å². The summed E-state index contributed by atoms with van der Waals surface area (Å²) in [5.41, 5.74) is 2.76. The van der Waals surface area contributed by atoms with Gasteiger partial charge in [0.25, 0.3) is 5.91 Å². The van der Waals surface area contributed by atoms with E-state index in [1.807, 2.05) is 29.7 Å². The fraction of sp³-hybridized carbons (Fsp3) is 0.214. The summed E-state index contributed by atoms with van der Waals surface area (Å²) in [6, 6.07) is 9.48. The first-order chi connectivity index (χ1) is 18.2. The van der Waals surface area contributed by atoms with Crippen LogP contribution in [0.4, 0.5) is 18.9 Å². The van der Waals surface area contributed by atoms with E-state index in [0.717, 1.165) is 21.0 Å². The number of aromatic nitrogens is 5. The maximum Gasteiger partial charge on any atom is 0.435 e. The number of carbonyl (C=O) groups excluding carboxylic acids is 1. The molecule has 38 heavy (non-hydrogen) atoms. The molecule has 0 bridgehead atoms. The zero-order valence-electron chi connectivity index (χ0n) is 20.7. The number of benzene rings is 2. The van der Waals surface area contributed by atoms with Crippen LogP contribution in [-0.2, 0) is 26.2 Å². The van der Waals surface area contributed by atoms with Gasteiger partial charge in [-0.05, 0) is 48.2 Å². The molecule has 0 saturated carbocycles. The van der Waals surface area contributed by atoms with Crippen LogP contribution >= 0.6 is 0 Å². The first-order valence-electron chi connectivity index (χ1n) is 12.1. The number of alkyl halides is 3. The topological polar surface area (TPSA) is 68.8 Å². The molecule has 1 amide bonds. The minimum atomic E-state index is -4.64. The Labute approximate surface area is 216 Å². The van der Waals surface area contributed by atoms with Crippen LogP contribution in [0.5, 0.6) is 0 Å². The zero-order valence-corrected chi connectivity index (χ0v) is 20.7. The van der Waals surface area contributed by atoms with E-state index < -0.39 is 11.9 Å². The second kappa shape index (κ2) is 8.83. The number of hydrogen-bond donors (Lipinski definition) is 0. The van der Waals surface area contributed by atoms with Crippen molar-refractivity contribution in [1.29, 1.82) is 0 Å². The maximum absolute atomic E-state index is 14.0. The Balaban J connectivity index is 1.53. The third-order valence-electron chi connectivity index (χ3n) is 6.87. The van der Waals surface area contributed by atoms with Crippen LogP contribution in [0.25, 0.3) is 21.9 Å². The Morgan fingerprint density at radius 1 is 1.03 bits per heavy atom. The van der Waals surface area contributed by atoms with Crippen molar-refractivity contribution in [2.45, 2.75) is 26.1 Å². The van der Waals surface area contributed by atoms with E-state index in [0.29, 0.717) is 47.5 Å². The van der Waals surface area contributed by atoms with Crippen molar-refractivity contribution in [1.82, 2.24) is 24.3 Å². The quantitative estimate of drug-likeness (QED) is 0.320. The number of rotatable bonds is 4. The maximum atomic E-state index is 14.0. The number of fused-ring (bicyclic) bond motifs is 2. The third kappa shape index (κ3) is 4.11. The van der Waals surface area contributed by atoms with E-state index in [1.165, 1.54) is 13.2 Å². The summed E-state index contributed by atoms with van der Waals surface area (Å²) in [6.45, 7) is 2.65. The molecule has 7 nitrogen and oxygen atoms in total. The van der Waals surface area contributed by atoms with E-state index in [-0.39, 0.29) is 11.5 Å². The standard InChI is InChI=1S/C28H23F3N6O/c1-17-3-4-19-12-33-13-25(21(19)9-17)37-7-5-20-22(24-15-35(2)34-26(24)28(29,30)31)10-18(11-23(20)27(37)38)14-36-8-6-32-16-36/h3-4,6,8-13,15-16H,5,7,14H2,1-2H3. The summed E-state index contributed by atoms with van der Waals surface area (Å²) in [4.78, 5) is 24.1. The number of nitrogens with zero attached hydrogens (tertiary/aromatic N) is 6. The zero-order chi connectivity index (χ0) is 26.6. The lowest BCUT2D eigenvalue weighted by atomic mass is 9.88. The number of anilines is 1. The molecular weight excluding hydrogens is 493 g/mol. The molecule has 0 fully saturated rings. The molecule has 3 aromatic heterocycles. The summed E-state index contributed by atoms with van der Waals surface area (Å²) >= 11 is 0. The molecule has 4 heterocycles. The van der Waals surface area contributed by atoms with Gasteiger partial charge in [-0.25, -0.2) is 4.98 Å². The molecule has 0 unspecified atom stereocenters. The minimum absolute atomic E-state index is 0.0348. The van der Waals surface area contributed by atoms with E-state index >= 15 is 0 Å².